The number of piperazine rings is 1. The molecule has 3 atom stereocenters. The Kier molecular flexibility index (Phi) is 12.3. The zero-order chi connectivity index (χ0) is 27.5. The van der Waals surface area contributed by atoms with Crippen molar-refractivity contribution in [1.82, 2.24) is 25.1 Å². The number of nitrogens with zero attached hydrogens (tertiary/aromatic N) is 5. The summed E-state index contributed by atoms with van der Waals surface area (Å²) in [5.41, 5.74) is 1.33. The number of aromatic nitrogens is 2. The molecule has 220 valence electrons. The summed E-state index contributed by atoms with van der Waals surface area (Å²) >= 11 is 0. The molecule has 0 aliphatic carbocycles. The van der Waals surface area contributed by atoms with Crippen molar-refractivity contribution in [2.24, 2.45) is 0 Å². The summed E-state index contributed by atoms with van der Waals surface area (Å²) in [5, 5.41) is 2.95. The molecule has 1 N–H and O–H groups in total. The van der Waals surface area contributed by atoms with Crippen molar-refractivity contribution in [1.29, 1.82) is 0 Å². The third kappa shape index (κ3) is 8.86. The van der Waals surface area contributed by atoms with Crippen LogP contribution in [0.1, 0.15) is 103 Å². The molecular formula is C31H54N6O2. The van der Waals surface area contributed by atoms with Crippen molar-refractivity contribution < 1.29 is 9.53 Å². The molecule has 2 bridgehead atoms. The highest BCUT2D eigenvalue weighted by Crippen LogP contribution is 2.35. The first-order valence-electron chi connectivity index (χ1n) is 16.0. The van der Waals surface area contributed by atoms with Gasteiger partial charge in [0.2, 0.25) is 11.9 Å². The van der Waals surface area contributed by atoms with Crippen molar-refractivity contribution in [3.05, 3.63) is 18.0 Å². The van der Waals surface area contributed by atoms with Gasteiger partial charge in [-0.1, -0.05) is 33.1 Å². The molecule has 1 aromatic rings. The van der Waals surface area contributed by atoms with Crippen molar-refractivity contribution in [2.75, 3.05) is 57.4 Å². The topological polar surface area (TPSA) is 73.8 Å². The summed E-state index contributed by atoms with van der Waals surface area (Å²) in [7, 11) is 0. The summed E-state index contributed by atoms with van der Waals surface area (Å²) in [4.78, 5) is 29.3. The molecule has 1 aromatic heterocycles. The molecule has 0 spiro atoms. The molecule has 3 aliphatic heterocycles. The smallest absolute Gasteiger partial charge is 0.245 e. The summed E-state index contributed by atoms with van der Waals surface area (Å²) in [6, 6.07) is 1.82. The SMILES string of the molecule is CCCOCC(=O)NCCCCCCCN1CCC(c2cnc(N3C4CCC3CN(C(C)CC)C4)nc2)CC1. The molecule has 3 aliphatic rings. The van der Waals surface area contributed by atoms with Crippen LogP contribution < -0.4 is 10.2 Å². The number of likely N-dealkylation sites (tertiary alicyclic amines) is 2. The number of fused-ring (bicyclic) bond motifs is 2. The van der Waals surface area contributed by atoms with Gasteiger partial charge in [-0.05, 0) is 89.4 Å². The zero-order valence-electron chi connectivity index (χ0n) is 25.0. The first-order chi connectivity index (χ1) is 19.1. The predicted molar refractivity (Wildman–Crippen MR) is 158 cm³/mol. The number of carbonyl (C=O) groups is 1. The summed E-state index contributed by atoms with van der Waals surface area (Å²) in [6.07, 6.45) is 17.4. The largest absolute Gasteiger partial charge is 0.372 e. The van der Waals surface area contributed by atoms with Crippen molar-refractivity contribution >= 4 is 11.9 Å². The quantitative estimate of drug-likeness (QED) is 0.306. The van der Waals surface area contributed by atoms with Crippen molar-refractivity contribution in [3.63, 3.8) is 0 Å². The molecule has 4 heterocycles. The molecule has 0 aromatic carbocycles. The highest BCUT2D eigenvalue weighted by molar-refractivity contribution is 5.77. The van der Waals surface area contributed by atoms with Crippen LogP contribution in [0.15, 0.2) is 12.4 Å². The molecular weight excluding hydrogens is 488 g/mol. The number of ether oxygens (including phenoxy) is 1. The minimum Gasteiger partial charge on any atom is -0.372 e. The van der Waals surface area contributed by atoms with Crippen LogP contribution in [-0.4, -0.2) is 96.3 Å². The van der Waals surface area contributed by atoms with Crippen LogP contribution in [0.2, 0.25) is 0 Å². The number of amides is 1. The number of hydrogen-bond acceptors (Lipinski definition) is 7. The van der Waals surface area contributed by atoms with E-state index in [1.165, 1.54) is 83.0 Å². The molecule has 3 unspecified atom stereocenters. The van der Waals surface area contributed by atoms with Crippen molar-refractivity contribution in [3.8, 4) is 0 Å². The fourth-order valence-electron chi connectivity index (χ4n) is 6.62. The number of hydrogen-bond donors (Lipinski definition) is 1. The minimum absolute atomic E-state index is 0.0109. The van der Waals surface area contributed by atoms with Crippen molar-refractivity contribution in [2.45, 2.75) is 115 Å². The Morgan fingerprint density at radius 1 is 1.00 bits per heavy atom. The summed E-state index contributed by atoms with van der Waals surface area (Å²) < 4.78 is 5.27. The van der Waals surface area contributed by atoms with Crippen LogP contribution in [0, 0.1) is 0 Å². The van der Waals surface area contributed by atoms with E-state index in [1.807, 2.05) is 6.92 Å². The summed E-state index contributed by atoms with van der Waals surface area (Å²) in [6.45, 7) is 14.2. The fraction of sp³-hybridized carbons (Fsp3) is 0.839. The number of piperidine rings is 1. The van der Waals surface area contributed by atoms with Crippen LogP contribution in [0.4, 0.5) is 5.95 Å². The van der Waals surface area contributed by atoms with Gasteiger partial charge in [0, 0.05) is 56.8 Å². The maximum Gasteiger partial charge on any atom is 0.245 e. The van der Waals surface area contributed by atoms with E-state index < -0.39 is 0 Å². The van der Waals surface area contributed by atoms with Crippen LogP contribution in [-0.2, 0) is 9.53 Å². The highest BCUT2D eigenvalue weighted by atomic mass is 16.5. The van der Waals surface area contributed by atoms with Gasteiger partial charge in [-0.2, -0.15) is 0 Å². The molecule has 1 amide bonds. The van der Waals surface area contributed by atoms with E-state index in [9.17, 15) is 4.79 Å². The lowest BCUT2D eigenvalue weighted by Crippen LogP contribution is -2.56. The van der Waals surface area contributed by atoms with Gasteiger partial charge in [0.05, 0.1) is 0 Å². The van der Waals surface area contributed by atoms with Gasteiger partial charge in [0.1, 0.15) is 6.61 Å². The van der Waals surface area contributed by atoms with E-state index in [2.05, 4.69) is 46.3 Å². The van der Waals surface area contributed by atoms with Gasteiger partial charge in [-0.15, -0.1) is 0 Å². The third-order valence-electron chi connectivity index (χ3n) is 9.23. The minimum atomic E-state index is 0.0109. The monoisotopic (exact) mass is 542 g/mol. The molecule has 0 saturated carbocycles. The second kappa shape index (κ2) is 15.9. The lowest BCUT2D eigenvalue weighted by Gasteiger charge is -2.43. The van der Waals surface area contributed by atoms with Gasteiger partial charge >= 0.3 is 0 Å². The average Bonchev–Trinajstić information content (AvgIpc) is 3.23. The van der Waals surface area contributed by atoms with Gasteiger partial charge in [-0.25, -0.2) is 9.97 Å². The molecule has 4 rings (SSSR count). The van der Waals surface area contributed by atoms with Crippen LogP contribution in [0.25, 0.3) is 0 Å². The van der Waals surface area contributed by atoms with Gasteiger partial charge < -0.3 is 19.9 Å². The number of anilines is 1. The van der Waals surface area contributed by atoms with E-state index in [0.29, 0.717) is 30.7 Å². The fourth-order valence-corrected chi connectivity index (χ4v) is 6.62. The lowest BCUT2D eigenvalue weighted by atomic mass is 9.91. The average molecular weight is 543 g/mol. The normalized spacial score (nSPS) is 23.3. The Morgan fingerprint density at radius 2 is 1.67 bits per heavy atom. The Morgan fingerprint density at radius 3 is 2.33 bits per heavy atom. The maximum atomic E-state index is 11.6. The van der Waals surface area contributed by atoms with E-state index in [4.69, 9.17) is 14.7 Å². The first kappa shape index (κ1) is 30.2. The number of nitrogens with one attached hydrogen (secondary N) is 1. The Bertz CT molecular complexity index is 830. The molecule has 8 nitrogen and oxygen atoms in total. The van der Waals surface area contributed by atoms with E-state index in [-0.39, 0.29) is 12.5 Å². The Balaban J connectivity index is 1.08. The Labute approximate surface area is 237 Å². The van der Waals surface area contributed by atoms with Gasteiger partial charge in [0.25, 0.3) is 0 Å². The summed E-state index contributed by atoms with van der Waals surface area (Å²) in [5.74, 6) is 1.56. The third-order valence-corrected chi connectivity index (χ3v) is 9.23. The van der Waals surface area contributed by atoms with E-state index in [0.717, 1.165) is 38.4 Å². The zero-order valence-corrected chi connectivity index (χ0v) is 25.0. The number of carbonyl (C=O) groups excluding carboxylic acids is 1. The lowest BCUT2D eigenvalue weighted by molar-refractivity contribution is -0.125. The second-order valence-electron chi connectivity index (χ2n) is 12.1. The Hall–Kier alpha value is -1.77. The molecule has 0 radical (unpaired) electrons. The van der Waals surface area contributed by atoms with Crippen LogP contribution >= 0.6 is 0 Å². The molecule has 3 fully saturated rings. The second-order valence-corrected chi connectivity index (χ2v) is 12.1. The first-order valence-corrected chi connectivity index (χ1v) is 16.0. The molecule has 39 heavy (non-hydrogen) atoms. The highest BCUT2D eigenvalue weighted by Gasteiger charge is 2.42. The van der Waals surface area contributed by atoms with Gasteiger partial charge in [0.15, 0.2) is 0 Å². The van der Waals surface area contributed by atoms with Crippen LogP contribution in [0.5, 0.6) is 0 Å². The maximum absolute atomic E-state index is 11.6. The van der Waals surface area contributed by atoms with Gasteiger partial charge in [-0.3, -0.25) is 9.69 Å². The molecule has 3 saturated heterocycles. The molecule has 8 heteroatoms. The van der Waals surface area contributed by atoms with Crippen LogP contribution in [0.3, 0.4) is 0 Å². The number of unbranched alkanes of at least 4 members (excludes halogenated alkanes) is 4. The van der Waals surface area contributed by atoms with E-state index >= 15 is 0 Å². The van der Waals surface area contributed by atoms with E-state index in [1.54, 1.807) is 0 Å². The standard InChI is InChI=1S/C31H54N6O2/c1-4-19-39-24-30(38)32-15-9-7-6-8-10-16-35-17-13-26(14-18-35)27-20-33-31(34-21-27)37-28-11-12-29(37)23-36(22-28)25(3)5-2/h20-21,25-26,28-29H,4-19,22-24H2,1-3H3,(H,32,38). The number of rotatable bonds is 16. The predicted octanol–water partition coefficient (Wildman–Crippen LogP) is 4.60.